The van der Waals surface area contributed by atoms with Crippen molar-refractivity contribution in [3.05, 3.63) is 70.8 Å². The molecule has 2 aromatic rings. The number of piperidine rings is 2. The Kier molecular flexibility index (Phi) is 12.1. The van der Waals surface area contributed by atoms with Gasteiger partial charge in [-0.15, -0.1) is 0 Å². The first-order valence-electron chi connectivity index (χ1n) is 19.3. The van der Waals surface area contributed by atoms with Crippen molar-refractivity contribution >= 4 is 17.9 Å². The molecule has 4 fully saturated rings. The molecule has 0 aliphatic carbocycles. The van der Waals surface area contributed by atoms with Crippen LogP contribution in [0.3, 0.4) is 0 Å². The smallest absolute Gasteiger partial charge is 0.416 e. The molecule has 4 atom stereocenters. The van der Waals surface area contributed by atoms with E-state index < -0.39 is 58.7 Å². The number of piperazine rings is 1. The number of hydrogen-bond acceptors (Lipinski definition) is 6. The van der Waals surface area contributed by atoms with E-state index in [1.807, 2.05) is 56.0 Å². The van der Waals surface area contributed by atoms with Gasteiger partial charge < -0.3 is 14.5 Å². The minimum Gasteiger partial charge on any atom is -0.444 e. The van der Waals surface area contributed by atoms with Gasteiger partial charge in [0, 0.05) is 76.0 Å². The van der Waals surface area contributed by atoms with Gasteiger partial charge in [-0.2, -0.15) is 26.3 Å². The molecule has 3 amide bonds. The molecule has 0 N–H and O–H groups in total. The number of halogens is 6. The summed E-state index contributed by atoms with van der Waals surface area (Å²) < 4.78 is 87.6. The number of rotatable bonds is 6. The Labute approximate surface area is 318 Å². The highest BCUT2D eigenvalue weighted by Gasteiger charge is 2.43. The van der Waals surface area contributed by atoms with Crippen LogP contribution in [0, 0.1) is 0 Å². The largest absolute Gasteiger partial charge is 0.444 e. The van der Waals surface area contributed by atoms with Gasteiger partial charge >= 0.3 is 18.4 Å². The first-order valence-corrected chi connectivity index (χ1v) is 19.3. The van der Waals surface area contributed by atoms with Crippen molar-refractivity contribution in [3.63, 3.8) is 0 Å². The average Bonchev–Trinajstić information content (AvgIpc) is 3.64. The highest BCUT2D eigenvalue weighted by atomic mass is 19.4. The minimum atomic E-state index is -5.06. The zero-order valence-corrected chi connectivity index (χ0v) is 31.7. The summed E-state index contributed by atoms with van der Waals surface area (Å²) in [7, 11) is 0. The number of amides is 3. The molecule has 0 bridgehead atoms. The number of ether oxygens (including phenoxy) is 1. The lowest BCUT2D eigenvalue weighted by Gasteiger charge is -2.48. The van der Waals surface area contributed by atoms with Crippen LogP contribution in [0.25, 0.3) is 0 Å². The van der Waals surface area contributed by atoms with Crippen LogP contribution in [-0.4, -0.2) is 125 Å². The van der Waals surface area contributed by atoms with Crippen LogP contribution >= 0.6 is 0 Å². The summed E-state index contributed by atoms with van der Waals surface area (Å²) in [6.07, 6.45) is -5.93. The quantitative estimate of drug-likeness (QED) is 0.296. The van der Waals surface area contributed by atoms with Crippen LogP contribution in [0.5, 0.6) is 0 Å². The van der Waals surface area contributed by atoms with Crippen molar-refractivity contribution in [3.8, 4) is 0 Å². The normalized spacial score (nSPS) is 24.9. The molecule has 0 spiro atoms. The van der Waals surface area contributed by atoms with Crippen molar-refractivity contribution in [1.29, 1.82) is 0 Å². The number of carbonyl (C=O) groups is 3. The van der Waals surface area contributed by atoms with E-state index in [1.165, 1.54) is 4.90 Å². The number of nitrogens with zero attached hydrogens (tertiary/aromatic N) is 5. The van der Waals surface area contributed by atoms with Gasteiger partial charge in [0.1, 0.15) is 11.6 Å². The van der Waals surface area contributed by atoms with Crippen LogP contribution in [0.15, 0.2) is 48.5 Å². The molecule has 4 aliphatic heterocycles. The van der Waals surface area contributed by atoms with E-state index in [0.717, 1.165) is 51.0 Å². The lowest BCUT2D eigenvalue weighted by molar-refractivity contribution is -0.143. The molecule has 4 aliphatic rings. The van der Waals surface area contributed by atoms with Gasteiger partial charge in [-0.3, -0.25) is 24.3 Å². The molecule has 9 nitrogen and oxygen atoms in total. The molecule has 2 aromatic carbocycles. The zero-order valence-electron chi connectivity index (χ0n) is 31.7. The van der Waals surface area contributed by atoms with Crippen LogP contribution in [-0.2, 0) is 28.3 Å². The summed E-state index contributed by atoms with van der Waals surface area (Å²) in [5, 5.41) is 0. The Morgan fingerprint density at radius 1 is 0.709 bits per heavy atom. The molecule has 302 valence electrons. The summed E-state index contributed by atoms with van der Waals surface area (Å²) in [6, 6.07) is 9.73. The first-order chi connectivity index (χ1) is 25.9. The molecule has 15 heteroatoms. The predicted molar refractivity (Wildman–Crippen MR) is 193 cm³/mol. The topological polar surface area (TPSA) is 76.6 Å². The number of likely N-dealkylation sites (tertiary alicyclic amines) is 3. The maximum absolute atomic E-state index is 13.8. The molecular weight excluding hydrogens is 728 g/mol. The first kappa shape index (κ1) is 40.8. The molecule has 6 rings (SSSR count). The van der Waals surface area contributed by atoms with Crippen LogP contribution < -0.4 is 0 Å². The summed E-state index contributed by atoms with van der Waals surface area (Å²) >= 11 is 0. The number of benzene rings is 2. The Balaban J connectivity index is 1.10. The molecule has 4 saturated heterocycles. The third-order valence-corrected chi connectivity index (χ3v) is 11.4. The summed E-state index contributed by atoms with van der Waals surface area (Å²) in [6.45, 7) is 10.4. The van der Waals surface area contributed by atoms with Crippen LogP contribution in [0.1, 0.15) is 86.3 Å². The fourth-order valence-electron chi connectivity index (χ4n) is 8.65. The van der Waals surface area contributed by atoms with Crippen LogP contribution in [0.4, 0.5) is 31.1 Å². The molecule has 55 heavy (non-hydrogen) atoms. The van der Waals surface area contributed by atoms with E-state index in [0.29, 0.717) is 57.5 Å². The summed E-state index contributed by atoms with van der Waals surface area (Å²) in [5.41, 5.74) is -3.38. The van der Waals surface area contributed by atoms with Gasteiger partial charge in [-0.25, -0.2) is 4.79 Å². The Bertz CT molecular complexity index is 1640. The number of alkyl halides is 6. The van der Waals surface area contributed by atoms with Crippen molar-refractivity contribution < 1.29 is 45.5 Å². The maximum atomic E-state index is 13.8. The van der Waals surface area contributed by atoms with Gasteiger partial charge in [-0.1, -0.05) is 30.3 Å². The van der Waals surface area contributed by atoms with E-state index in [2.05, 4.69) is 9.80 Å². The van der Waals surface area contributed by atoms with E-state index in [9.17, 15) is 40.7 Å². The lowest BCUT2D eigenvalue weighted by Crippen LogP contribution is -2.60. The van der Waals surface area contributed by atoms with E-state index in [1.54, 1.807) is 4.90 Å². The highest BCUT2D eigenvalue weighted by molar-refractivity contribution is 5.95. The van der Waals surface area contributed by atoms with Gasteiger partial charge in [-0.05, 0) is 89.5 Å². The van der Waals surface area contributed by atoms with Gasteiger partial charge in [0.15, 0.2) is 0 Å². The molecular formula is C40H51F6N5O4. The highest BCUT2D eigenvalue weighted by Crippen LogP contribution is 2.37. The van der Waals surface area contributed by atoms with E-state index in [-0.39, 0.29) is 30.6 Å². The van der Waals surface area contributed by atoms with Crippen molar-refractivity contribution in [2.24, 2.45) is 0 Å². The number of carbonyl (C=O) groups excluding carboxylic acids is 3. The fraction of sp³-hybridized carbons (Fsp3) is 0.625. The van der Waals surface area contributed by atoms with Gasteiger partial charge in [0.2, 0.25) is 5.91 Å². The van der Waals surface area contributed by atoms with Crippen molar-refractivity contribution in [1.82, 2.24) is 24.5 Å². The van der Waals surface area contributed by atoms with Gasteiger partial charge in [0.25, 0.3) is 5.91 Å². The Hall–Kier alpha value is -3.85. The third kappa shape index (κ3) is 9.94. The molecule has 4 unspecified atom stereocenters. The average molecular weight is 780 g/mol. The molecule has 4 heterocycles. The summed E-state index contributed by atoms with van der Waals surface area (Å²) in [5.74, 6) is -0.874. The Morgan fingerprint density at radius 2 is 1.31 bits per heavy atom. The SMILES string of the molecule is CC(C)(C)OC(=O)N1CCCC1C(=O)N1CCCC(N2CCN(C3CCN(C(=O)c4cc(C(F)(F)F)cc(C(F)(F)F)c4)C(Cc4ccccc4)C3)CC2)C1. The summed E-state index contributed by atoms with van der Waals surface area (Å²) in [4.78, 5) is 50.2. The predicted octanol–water partition coefficient (Wildman–Crippen LogP) is 6.95. The minimum absolute atomic E-state index is 0.0303. The lowest BCUT2D eigenvalue weighted by atomic mass is 9.90. The Morgan fingerprint density at radius 3 is 1.91 bits per heavy atom. The van der Waals surface area contributed by atoms with Gasteiger partial charge in [0.05, 0.1) is 11.1 Å². The van der Waals surface area contributed by atoms with E-state index in [4.69, 9.17) is 4.74 Å². The molecule has 0 saturated carbocycles. The van der Waals surface area contributed by atoms with Crippen LogP contribution in [0.2, 0.25) is 0 Å². The monoisotopic (exact) mass is 779 g/mol. The third-order valence-electron chi connectivity index (χ3n) is 11.4. The maximum Gasteiger partial charge on any atom is 0.416 e. The van der Waals surface area contributed by atoms with E-state index >= 15 is 0 Å². The number of hydrogen-bond donors (Lipinski definition) is 0. The second kappa shape index (κ2) is 16.3. The van der Waals surface area contributed by atoms with Crippen molar-refractivity contribution in [2.45, 2.75) is 108 Å². The second-order valence-electron chi connectivity index (χ2n) is 16.3. The second-order valence-corrected chi connectivity index (χ2v) is 16.3. The fourth-order valence-corrected chi connectivity index (χ4v) is 8.65. The standard InChI is InChI=1S/C40H51F6N5O4/c1-38(2,3)55-37(54)51-15-8-12-34(51)36(53)49-14-7-11-32(26-49)48-19-17-47(18-20-48)31-13-16-50(33(25-31)21-27-9-5-4-6-10-27)35(52)28-22-29(39(41,42)43)24-30(23-28)40(44,45)46/h4-6,9-10,22-24,31-34H,7-8,11-21,25-26H2,1-3H3. The zero-order chi connectivity index (χ0) is 39.7. The molecule has 0 aromatic heterocycles. The molecule has 0 radical (unpaired) electrons. The van der Waals surface area contributed by atoms with Crippen molar-refractivity contribution in [2.75, 3.05) is 52.4 Å².